The molecule has 0 aliphatic heterocycles. The molecule has 8 heteroatoms. The molecule has 0 unspecified atom stereocenters. The van der Waals surface area contributed by atoms with Gasteiger partial charge in [-0.05, 0) is 13.0 Å². The molecule has 25 heavy (non-hydrogen) atoms. The van der Waals surface area contributed by atoms with Crippen molar-refractivity contribution in [2.45, 2.75) is 26.2 Å². The monoisotopic (exact) mass is 364 g/mol. The molecule has 0 spiro atoms. The zero-order valence-electron chi connectivity index (χ0n) is 15.6. The van der Waals surface area contributed by atoms with Gasteiger partial charge in [-0.1, -0.05) is 13.3 Å². The summed E-state index contributed by atoms with van der Waals surface area (Å²) in [4.78, 5) is 10.2. The lowest BCUT2D eigenvalue weighted by Crippen LogP contribution is -2.30. The van der Waals surface area contributed by atoms with Crippen LogP contribution in [0.1, 0.15) is 26.2 Å². The minimum Gasteiger partial charge on any atom is -0.481 e. The fraction of sp³-hybridized carbons (Fsp3) is 0.941. The van der Waals surface area contributed by atoms with Crippen LogP contribution < -0.4 is 10.6 Å². The molecule has 0 atom stereocenters. The first-order valence-corrected chi connectivity index (χ1v) is 9.21. The molecule has 0 aromatic rings. The maximum atomic E-state index is 10.2. The van der Waals surface area contributed by atoms with Crippen LogP contribution in [0.3, 0.4) is 0 Å². The Hall–Kier alpha value is -0.770. The Kier molecular flexibility index (Phi) is 20.6. The van der Waals surface area contributed by atoms with E-state index in [0.717, 1.165) is 26.2 Å². The molecule has 150 valence electrons. The van der Waals surface area contributed by atoms with E-state index in [1.807, 2.05) is 0 Å². The van der Waals surface area contributed by atoms with Crippen LogP contribution in [0.2, 0.25) is 0 Å². The minimum absolute atomic E-state index is 0.0223. The summed E-state index contributed by atoms with van der Waals surface area (Å²) in [6, 6.07) is 0. The number of carbonyl (C=O) groups is 1. The van der Waals surface area contributed by atoms with Gasteiger partial charge in [-0.2, -0.15) is 0 Å². The highest BCUT2D eigenvalue weighted by molar-refractivity contribution is 5.66. The molecule has 0 saturated carbocycles. The molecule has 0 bridgehead atoms. The molecular formula is C17H36N2O6. The summed E-state index contributed by atoms with van der Waals surface area (Å²) in [7, 11) is 0. The molecule has 0 rings (SSSR count). The number of carboxylic acid groups (broad SMARTS) is 1. The van der Waals surface area contributed by atoms with Crippen molar-refractivity contribution in [2.24, 2.45) is 0 Å². The summed E-state index contributed by atoms with van der Waals surface area (Å²) in [5.41, 5.74) is 0. The van der Waals surface area contributed by atoms with Crippen molar-refractivity contribution >= 4 is 5.97 Å². The zero-order valence-corrected chi connectivity index (χ0v) is 15.6. The molecule has 0 aliphatic rings. The second-order valence-corrected chi connectivity index (χ2v) is 5.45. The normalized spacial score (nSPS) is 11.1. The largest absolute Gasteiger partial charge is 0.481 e. The molecule has 0 aromatic heterocycles. The van der Waals surface area contributed by atoms with Crippen molar-refractivity contribution in [1.29, 1.82) is 0 Å². The summed E-state index contributed by atoms with van der Waals surface area (Å²) in [5, 5.41) is 15.1. The van der Waals surface area contributed by atoms with Crippen LogP contribution in [-0.2, 0) is 23.7 Å². The zero-order chi connectivity index (χ0) is 18.4. The van der Waals surface area contributed by atoms with Crippen molar-refractivity contribution in [3.05, 3.63) is 0 Å². The van der Waals surface area contributed by atoms with Gasteiger partial charge in [0.05, 0.1) is 59.3 Å². The average Bonchev–Trinajstić information content (AvgIpc) is 2.60. The van der Waals surface area contributed by atoms with Gasteiger partial charge in [0.25, 0.3) is 0 Å². The Morgan fingerprint density at radius 3 is 1.72 bits per heavy atom. The SMILES string of the molecule is CCCCNCCNCCOCCOCCOCCOCCC(=O)O. The number of aliphatic carboxylic acids is 1. The number of nitrogens with one attached hydrogen (secondary N) is 2. The van der Waals surface area contributed by atoms with E-state index in [4.69, 9.17) is 24.1 Å². The van der Waals surface area contributed by atoms with Crippen molar-refractivity contribution in [3.8, 4) is 0 Å². The second kappa shape index (κ2) is 21.3. The smallest absolute Gasteiger partial charge is 0.305 e. The van der Waals surface area contributed by atoms with Gasteiger partial charge in [0.1, 0.15) is 0 Å². The molecule has 8 nitrogen and oxygen atoms in total. The standard InChI is InChI=1S/C17H36N2O6/c1-2-3-5-18-6-7-19-8-10-23-12-14-25-16-15-24-13-11-22-9-4-17(20)21/h18-19H,2-16H2,1H3,(H,20,21). The summed E-state index contributed by atoms with van der Waals surface area (Å²) in [5.74, 6) is -0.855. The van der Waals surface area contributed by atoms with Crippen LogP contribution in [0, 0.1) is 0 Å². The van der Waals surface area contributed by atoms with Crippen molar-refractivity contribution in [3.63, 3.8) is 0 Å². The molecule has 0 aliphatic carbocycles. The Morgan fingerprint density at radius 2 is 1.20 bits per heavy atom. The van der Waals surface area contributed by atoms with Gasteiger partial charge in [-0.15, -0.1) is 0 Å². The van der Waals surface area contributed by atoms with Gasteiger partial charge >= 0.3 is 5.97 Å². The number of rotatable bonds is 21. The van der Waals surface area contributed by atoms with E-state index in [-0.39, 0.29) is 13.0 Å². The number of hydrogen-bond donors (Lipinski definition) is 3. The Morgan fingerprint density at radius 1 is 0.720 bits per heavy atom. The second-order valence-electron chi connectivity index (χ2n) is 5.45. The molecule has 0 radical (unpaired) electrons. The van der Waals surface area contributed by atoms with Crippen molar-refractivity contribution in [1.82, 2.24) is 10.6 Å². The number of unbranched alkanes of at least 4 members (excludes halogenated alkanes) is 1. The predicted molar refractivity (Wildman–Crippen MR) is 96.2 cm³/mol. The van der Waals surface area contributed by atoms with E-state index < -0.39 is 5.97 Å². The highest BCUT2D eigenvalue weighted by atomic mass is 16.6. The summed E-state index contributed by atoms with van der Waals surface area (Å²) < 4.78 is 21.2. The molecule has 0 amide bonds. The number of hydrogen-bond acceptors (Lipinski definition) is 7. The van der Waals surface area contributed by atoms with Crippen LogP contribution in [0.25, 0.3) is 0 Å². The fourth-order valence-corrected chi connectivity index (χ4v) is 1.79. The third kappa shape index (κ3) is 23.2. The van der Waals surface area contributed by atoms with E-state index in [9.17, 15) is 4.79 Å². The maximum Gasteiger partial charge on any atom is 0.305 e. The van der Waals surface area contributed by atoms with Crippen LogP contribution >= 0.6 is 0 Å². The third-order valence-corrected chi connectivity index (χ3v) is 3.19. The van der Waals surface area contributed by atoms with E-state index in [2.05, 4.69) is 17.6 Å². The fourth-order valence-electron chi connectivity index (χ4n) is 1.79. The molecule has 0 fully saturated rings. The van der Waals surface area contributed by atoms with E-state index in [1.54, 1.807) is 0 Å². The van der Waals surface area contributed by atoms with E-state index >= 15 is 0 Å². The van der Waals surface area contributed by atoms with E-state index in [1.165, 1.54) is 12.8 Å². The Labute approximate surface area is 151 Å². The molecule has 3 N–H and O–H groups in total. The topological polar surface area (TPSA) is 98.3 Å². The first-order valence-electron chi connectivity index (χ1n) is 9.21. The summed E-state index contributed by atoms with van der Waals surface area (Å²) in [6.07, 6.45) is 2.48. The van der Waals surface area contributed by atoms with Gasteiger partial charge in [0, 0.05) is 19.6 Å². The predicted octanol–water partition coefficient (Wildman–Crippen LogP) is 0.507. The minimum atomic E-state index is -0.855. The van der Waals surface area contributed by atoms with Crippen LogP contribution in [0.4, 0.5) is 0 Å². The first-order chi connectivity index (χ1) is 12.3. The average molecular weight is 364 g/mol. The van der Waals surface area contributed by atoms with Crippen molar-refractivity contribution < 1.29 is 28.8 Å². The lowest BCUT2D eigenvalue weighted by Gasteiger charge is -2.08. The van der Waals surface area contributed by atoms with Crippen molar-refractivity contribution in [2.75, 3.05) is 79.0 Å². The quantitative estimate of drug-likeness (QED) is 0.253. The van der Waals surface area contributed by atoms with Gasteiger partial charge in [-0.25, -0.2) is 0 Å². The van der Waals surface area contributed by atoms with Gasteiger partial charge in [0.15, 0.2) is 0 Å². The molecule has 0 saturated heterocycles. The number of carboxylic acids is 1. The number of ether oxygens (including phenoxy) is 4. The van der Waals surface area contributed by atoms with Crippen LogP contribution in [0.15, 0.2) is 0 Å². The first kappa shape index (κ1) is 24.2. The van der Waals surface area contributed by atoms with Crippen LogP contribution in [-0.4, -0.2) is 90.1 Å². The van der Waals surface area contributed by atoms with Gasteiger partial charge in [-0.3, -0.25) is 4.79 Å². The maximum absolute atomic E-state index is 10.2. The van der Waals surface area contributed by atoms with Gasteiger partial charge < -0.3 is 34.7 Å². The third-order valence-electron chi connectivity index (χ3n) is 3.19. The Bertz CT molecular complexity index is 282. The van der Waals surface area contributed by atoms with Gasteiger partial charge in [0.2, 0.25) is 0 Å². The Balaban J connectivity index is 2.97. The van der Waals surface area contributed by atoms with E-state index in [0.29, 0.717) is 46.2 Å². The molecule has 0 aromatic carbocycles. The van der Waals surface area contributed by atoms with Crippen LogP contribution in [0.5, 0.6) is 0 Å². The highest BCUT2D eigenvalue weighted by Crippen LogP contribution is 1.85. The highest BCUT2D eigenvalue weighted by Gasteiger charge is 1.96. The lowest BCUT2D eigenvalue weighted by molar-refractivity contribution is -0.138. The summed E-state index contributed by atoms with van der Waals surface area (Å²) in [6.45, 7) is 9.97. The summed E-state index contributed by atoms with van der Waals surface area (Å²) >= 11 is 0. The molecule has 0 heterocycles. The molecular weight excluding hydrogens is 328 g/mol. The lowest BCUT2D eigenvalue weighted by atomic mass is 10.3.